The van der Waals surface area contributed by atoms with Gasteiger partial charge in [0.1, 0.15) is 6.33 Å². The molecule has 0 N–H and O–H groups in total. The topological polar surface area (TPSA) is 64.0 Å². The molecule has 0 saturated carbocycles. The summed E-state index contributed by atoms with van der Waals surface area (Å²) in [6.45, 7) is 6.71. The van der Waals surface area contributed by atoms with E-state index in [1.165, 1.54) is 5.56 Å². The Morgan fingerprint density at radius 1 is 1.13 bits per heavy atom. The average molecular weight is 313 g/mol. The molecule has 0 aliphatic carbocycles. The molecule has 2 aromatic heterocycles. The summed E-state index contributed by atoms with van der Waals surface area (Å²) >= 11 is 0. The number of aryl methyl sites for hydroxylation is 2. The van der Waals surface area contributed by atoms with Crippen LogP contribution in [-0.4, -0.2) is 39.6 Å². The van der Waals surface area contributed by atoms with Crippen molar-refractivity contribution in [2.75, 3.05) is 24.6 Å². The Labute approximate surface area is 137 Å². The second-order valence-corrected chi connectivity index (χ2v) is 5.98. The number of piperidine rings is 1. The minimum atomic E-state index is 0.552. The van der Waals surface area contributed by atoms with Gasteiger partial charge in [-0.15, -0.1) is 0 Å². The van der Waals surface area contributed by atoms with Gasteiger partial charge in [0, 0.05) is 37.2 Å². The average Bonchev–Trinajstić information content (AvgIpc) is 2.61. The molecule has 6 heteroatoms. The van der Waals surface area contributed by atoms with Crippen LogP contribution in [0.3, 0.4) is 0 Å². The van der Waals surface area contributed by atoms with Gasteiger partial charge in [0.15, 0.2) is 0 Å². The fourth-order valence-corrected chi connectivity index (χ4v) is 2.71. The van der Waals surface area contributed by atoms with Gasteiger partial charge < -0.3 is 9.64 Å². The quantitative estimate of drug-likeness (QED) is 0.845. The Morgan fingerprint density at radius 3 is 2.52 bits per heavy atom. The molecule has 0 radical (unpaired) electrons. The highest BCUT2D eigenvalue weighted by molar-refractivity contribution is 5.30. The maximum absolute atomic E-state index is 5.80. The molecule has 1 fully saturated rings. The van der Waals surface area contributed by atoms with E-state index in [-0.39, 0.29) is 0 Å². The summed E-state index contributed by atoms with van der Waals surface area (Å²) < 4.78 is 5.80. The van der Waals surface area contributed by atoms with Gasteiger partial charge in [-0.25, -0.2) is 19.9 Å². The zero-order chi connectivity index (χ0) is 16.1. The summed E-state index contributed by atoms with van der Waals surface area (Å²) in [5, 5.41) is 0. The largest absolute Gasteiger partial charge is 0.477 e. The van der Waals surface area contributed by atoms with Crippen LogP contribution in [0, 0.1) is 12.8 Å². The van der Waals surface area contributed by atoms with Crippen molar-refractivity contribution in [2.45, 2.75) is 33.1 Å². The van der Waals surface area contributed by atoms with Crippen LogP contribution in [0.4, 0.5) is 5.95 Å². The number of rotatable bonds is 5. The molecule has 0 amide bonds. The molecular formula is C17H23N5O. The zero-order valence-electron chi connectivity index (χ0n) is 13.8. The van der Waals surface area contributed by atoms with E-state index >= 15 is 0 Å². The van der Waals surface area contributed by atoms with Gasteiger partial charge in [-0.05, 0) is 37.7 Å². The Kier molecular flexibility index (Phi) is 5.00. The fraction of sp³-hybridized carbons (Fsp3) is 0.529. The van der Waals surface area contributed by atoms with Crippen LogP contribution in [0.1, 0.15) is 31.0 Å². The Bertz CT molecular complexity index is 623. The van der Waals surface area contributed by atoms with Crippen LogP contribution in [-0.2, 0) is 6.42 Å². The maximum Gasteiger partial charge on any atom is 0.225 e. The molecule has 0 atom stereocenters. The van der Waals surface area contributed by atoms with Crippen LogP contribution < -0.4 is 9.64 Å². The summed E-state index contributed by atoms with van der Waals surface area (Å²) in [6, 6.07) is 1.87. The molecule has 0 bridgehead atoms. The van der Waals surface area contributed by atoms with Crippen LogP contribution >= 0.6 is 0 Å². The number of aromatic nitrogens is 4. The normalized spacial score (nSPS) is 15.7. The van der Waals surface area contributed by atoms with E-state index in [2.05, 4.69) is 31.8 Å². The van der Waals surface area contributed by atoms with E-state index in [0.717, 1.165) is 44.0 Å². The first-order chi connectivity index (χ1) is 11.2. The van der Waals surface area contributed by atoms with Gasteiger partial charge >= 0.3 is 0 Å². The molecule has 1 aliphatic rings. The fourth-order valence-electron chi connectivity index (χ4n) is 2.71. The lowest BCUT2D eigenvalue weighted by molar-refractivity contribution is 0.215. The van der Waals surface area contributed by atoms with Crippen LogP contribution in [0.25, 0.3) is 0 Å². The van der Waals surface area contributed by atoms with Gasteiger partial charge in [0.25, 0.3) is 0 Å². The van der Waals surface area contributed by atoms with Crippen LogP contribution in [0.5, 0.6) is 5.88 Å². The SMILES string of the molecule is CCc1cnc(N2CCC(COc3cc(C)ncn3)CC2)nc1. The maximum atomic E-state index is 5.80. The van der Waals surface area contributed by atoms with Crippen LogP contribution in [0.15, 0.2) is 24.8 Å². The van der Waals surface area contributed by atoms with Crippen molar-refractivity contribution in [1.82, 2.24) is 19.9 Å². The van der Waals surface area contributed by atoms with Crippen molar-refractivity contribution >= 4 is 5.95 Å². The molecule has 0 unspecified atom stereocenters. The van der Waals surface area contributed by atoms with E-state index in [4.69, 9.17) is 4.74 Å². The third kappa shape index (κ3) is 4.15. The Balaban J connectivity index is 1.48. The molecule has 3 rings (SSSR count). The second-order valence-electron chi connectivity index (χ2n) is 5.98. The van der Waals surface area contributed by atoms with Crippen molar-refractivity contribution < 1.29 is 4.74 Å². The van der Waals surface area contributed by atoms with Gasteiger partial charge in [-0.3, -0.25) is 0 Å². The Hall–Kier alpha value is -2.24. The molecule has 2 aromatic rings. The molecule has 0 spiro atoms. The highest BCUT2D eigenvalue weighted by Gasteiger charge is 2.21. The van der Waals surface area contributed by atoms with Crippen molar-refractivity contribution in [3.63, 3.8) is 0 Å². The Morgan fingerprint density at radius 2 is 1.87 bits per heavy atom. The van der Waals surface area contributed by atoms with E-state index in [0.29, 0.717) is 18.4 Å². The number of nitrogens with zero attached hydrogens (tertiary/aromatic N) is 5. The van der Waals surface area contributed by atoms with Crippen molar-refractivity contribution in [3.8, 4) is 5.88 Å². The lowest BCUT2D eigenvalue weighted by atomic mass is 9.98. The lowest BCUT2D eigenvalue weighted by Crippen LogP contribution is -2.36. The van der Waals surface area contributed by atoms with Crippen molar-refractivity contribution in [2.24, 2.45) is 5.92 Å². The third-order valence-electron chi connectivity index (χ3n) is 4.24. The summed E-state index contributed by atoms with van der Waals surface area (Å²) in [5.41, 5.74) is 2.11. The summed E-state index contributed by atoms with van der Waals surface area (Å²) in [6.07, 6.45) is 8.54. The van der Waals surface area contributed by atoms with E-state index in [9.17, 15) is 0 Å². The second kappa shape index (κ2) is 7.35. The minimum Gasteiger partial charge on any atom is -0.477 e. The minimum absolute atomic E-state index is 0.552. The monoisotopic (exact) mass is 313 g/mol. The summed E-state index contributed by atoms with van der Waals surface area (Å²) in [5.74, 6) is 2.06. The highest BCUT2D eigenvalue weighted by Crippen LogP contribution is 2.21. The van der Waals surface area contributed by atoms with Gasteiger partial charge in [0.05, 0.1) is 6.61 Å². The van der Waals surface area contributed by atoms with Gasteiger partial charge in [-0.1, -0.05) is 6.92 Å². The first kappa shape index (κ1) is 15.6. The lowest BCUT2D eigenvalue weighted by Gasteiger charge is -2.31. The molecule has 0 aromatic carbocycles. The predicted molar refractivity (Wildman–Crippen MR) is 88.6 cm³/mol. The molecule has 1 saturated heterocycles. The van der Waals surface area contributed by atoms with Gasteiger partial charge in [-0.2, -0.15) is 0 Å². The zero-order valence-corrected chi connectivity index (χ0v) is 13.8. The number of hydrogen-bond acceptors (Lipinski definition) is 6. The van der Waals surface area contributed by atoms with Crippen molar-refractivity contribution in [1.29, 1.82) is 0 Å². The van der Waals surface area contributed by atoms with Crippen molar-refractivity contribution in [3.05, 3.63) is 36.0 Å². The summed E-state index contributed by atoms with van der Waals surface area (Å²) in [4.78, 5) is 19.4. The molecule has 1 aliphatic heterocycles. The predicted octanol–water partition coefficient (Wildman–Crippen LogP) is 2.43. The molecule has 23 heavy (non-hydrogen) atoms. The first-order valence-corrected chi connectivity index (χ1v) is 8.22. The molecule has 122 valence electrons. The number of anilines is 1. The highest BCUT2D eigenvalue weighted by atomic mass is 16.5. The first-order valence-electron chi connectivity index (χ1n) is 8.22. The smallest absolute Gasteiger partial charge is 0.225 e. The van der Waals surface area contributed by atoms with Crippen LogP contribution in [0.2, 0.25) is 0 Å². The van der Waals surface area contributed by atoms with E-state index < -0.39 is 0 Å². The third-order valence-corrected chi connectivity index (χ3v) is 4.24. The summed E-state index contributed by atoms with van der Waals surface area (Å²) in [7, 11) is 0. The molecule has 3 heterocycles. The van der Waals surface area contributed by atoms with Gasteiger partial charge in [0.2, 0.25) is 11.8 Å². The number of ether oxygens (including phenoxy) is 1. The standard InChI is InChI=1S/C17H23N5O/c1-3-14-9-18-17(19-10-14)22-6-4-15(5-7-22)11-23-16-8-13(2)20-12-21-16/h8-10,12,15H,3-7,11H2,1-2H3. The van der Waals surface area contributed by atoms with E-state index in [1.54, 1.807) is 6.33 Å². The number of hydrogen-bond donors (Lipinski definition) is 0. The van der Waals surface area contributed by atoms with E-state index in [1.807, 2.05) is 25.4 Å². The molecular weight excluding hydrogens is 290 g/mol. The molecule has 6 nitrogen and oxygen atoms in total.